The minimum Gasteiger partial charge on any atom is -0.351 e. The molecule has 2 rings (SSSR count). The summed E-state index contributed by atoms with van der Waals surface area (Å²) in [6.07, 6.45) is 2.66. The smallest absolute Gasteiger partial charge is 0.232 e. The zero-order valence-corrected chi connectivity index (χ0v) is 18.8. The summed E-state index contributed by atoms with van der Waals surface area (Å²) in [7, 11) is -3.42. The van der Waals surface area contributed by atoms with Gasteiger partial charge in [0.15, 0.2) is 0 Å². The number of anilines is 1. The highest BCUT2D eigenvalue weighted by Gasteiger charge is 2.22. The Bertz CT molecular complexity index is 918. The van der Waals surface area contributed by atoms with Gasteiger partial charge in [0, 0.05) is 18.5 Å². The van der Waals surface area contributed by atoms with Crippen molar-refractivity contribution < 1.29 is 13.2 Å². The van der Waals surface area contributed by atoms with Gasteiger partial charge in [-0.3, -0.25) is 9.10 Å². The quantitative estimate of drug-likeness (QED) is 0.672. The Balaban J connectivity index is 1.96. The number of amides is 1. The Morgan fingerprint density at radius 3 is 2.17 bits per heavy atom. The van der Waals surface area contributed by atoms with E-state index in [1.165, 1.54) is 10.6 Å². The van der Waals surface area contributed by atoms with Gasteiger partial charge in [-0.05, 0) is 69.4 Å². The van der Waals surface area contributed by atoms with E-state index in [9.17, 15) is 13.2 Å². The van der Waals surface area contributed by atoms with E-state index >= 15 is 0 Å². The molecule has 0 unspecified atom stereocenters. The molecule has 0 bridgehead atoms. The molecular formula is C23H32N2O3S. The second-order valence-corrected chi connectivity index (χ2v) is 10.3. The fourth-order valence-corrected chi connectivity index (χ4v) is 4.50. The van der Waals surface area contributed by atoms with Crippen LogP contribution in [-0.4, -0.2) is 32.7 Å². The maximum Gasteiger partial charge on any atom is 0.232 e. The van der Waals surface area contributed by atoms with E-state index in [-0.39, 0.29) is 24.4 Å². The van der Waals surface area contributed by atoms with E-state index < -0.39 is 10.0 Å². The molecule has 0 aromatic heterocycles. The predicted octanol–water partition coefficient (Wildman–Crippen LogP) is 3.99. The van der Waals surface area contributed by atoms with Gasteiger partial charge in [-0.2, -0.15) is 0 Å². The van der Waals surface area contributed by atoms with Crippen LogP contribution in [0.1, 0.15) is 43.4 Å². The van der Waals surface area contributed by atoms with Crippen LogP contribution in [0.25, 0.3) is 0 Å². The van der Waals surface area contributed by atoms with E-state index in [1.54, 1.807) is 0 Å². The van der Waals surface area contributed by atoms with E-state index in [2.05, 4.69) is 5.32 Å². The number of carbonyl (C=O) groups is 1. The molecule has 0 saturated heterocycles. The first-order chi connectivity index (χ1) is 13.5. The SMILES string of the molecule is Cc1cc(C)cc(N(CCCC(=O)NC(C)(C)Cc2ccccc2)S(C)(=O)=O)c1. The third-order valence-corrected chi connectivity index (χ3v) is 5.82. The highest BCUT2D eigenvalue weighted by Crippen LogP contribution is 2.22. The molecule has 0 aliphatic rings. The molecule has 0 saturated carbocycles. The topological polar surface area (TPSA) is 66.5 Å². The van der Waals surface area contributed by atoms with Crippen LogP contribution in [0, 0.1) is 13.8 Å². The fraction of sp³-hybridized carbons (Fsp3) is 0.435. The number of carbonyl (C=O) groups excluding carboxylic acids is 1. The van der Waals surface area contributed by atoms with Gasteiger partial charge in [-0.15, -0.1) is 0 Å². The van der Waals surface area contributed by atoms with Crippen molar-refractivity contribution in [2.75, 3.05) is 17.1 Å². The van der Waals surface area contributed by atoms with Gasteiger partial charge >= 0.3 is 0 Å². The first-order valence-corrected chi connectivity index (χ1v) is 11.7. The van der Waals surface area contributed by atoms with Crippen LogP contribution >= 0.6 is 0 Å². The minimum atomic E-state index is -3.42. The lowest BCUT2D eigenvalue weighted by atomic mass is 9.94. The lowest BCUT2D eigenvalue weighted by Gasteiger charge is -2.27. The van der Waals surface area contributed by atoms with Crippen molar-refractivity contribution in [3.05, 3.63) is 65.2 Å². The summed E-state index contributed by atoms with van der Waals surface area (Å²) in [5.74, 6) is -0.0696. The molecule has 0 atom stereocenters. The summed E-state index contributed by atoms with van der Waals surface area (Å²) < 4.78 is 26.0. The van der Waals surface area contributed by atoms with Crippen LogP contribution < -0.4 is 9.62 Å². The maximum absolute atomic E-state index is 12.4. The maximum atomic E-state index is 12.4. The molecule has 1 N–H and O–H groups in total. The molecule has 2 aromatic rings. The van der Waals surface area contributed by atoms with Gasteiger partial charge in [0.25, 0.3) is 0 Å². The predicted molar refractivity (Wildman–Crippen MR) is 120 cm³/mol. The number of benzene rings is 2. The van der Waals surface area contributed by atoms with Crippen LogP contribution in [0.15, 0.2) is 48.5 Å². The number of nitrogens with zero attached hydrogens (tertiary/aromatic N) is 1. The number of nitrogens with one attached hydrogen (secondary N) is 1. The molecule has 6 heteroatoms. The lowest BCUT2D eigenvalue weighted by Crippen LogP contribution is -2.45. The van der Waals surface area contributed by atoms with E-state index in [1.807, 2.05) is 76.2 Å². The summed E-state index contributed by atoms with van der Waals surface area (Å²) in [6, 6.07) is 15.8. The average Bonchev–Trinajstić information content (AvgIpc) is 2.56. The molecule has 0 spiro atoms. The summed E-state index contributed by atoms with van der Waals surface area (Å²) >= 11 is 0. The monoisotopic (exact) mass is 416 g/mol. The lowest BCUT2D eigenvalue weighted by molar-refractivity contribution is -0.122. The number of rotatable bonds is 9. The third kappa shape index (κ3) is 7.54. The number of hydrogen-bond acceptors (Lipinski definition) is 3. The number of aryl methyl sites for hydroxylation is 2. The van der Waals surface area contributed by atoms with Crippen LogP contribution in [0.4, 0.5) is 5.69 Å². The molecule has 5 nitrogen and oxygen atoms in total. The largest absolute Gasteiger partial charge is 0.351 e. The average molecular weight is 417 g/mol. The van der Waals surface area contributed by atoms with Crippen molar-refractivity contribution in [1.29, 1.82) is 0 Å². The molecule has 1 amide bonds. The highest BCUT2D eigenvalue weighted by molar-refractivity contribution is 7.92. The van der Waals surface area contributed by atoms with Crippen molar-refractivity contribution >= 4 is 21.6 Å². The Morgan fingerprint density at radius 1 is 1.03 bits per heavy atom. The van der Waals surface area contributed by atoms with Crippen molar-refractivity contribution in [3.63, 3.8) is 0 Å². The number of hydrogen-bond donors (Lipinski definition) is 1. The Morgan fingerprint density at radius 2 is 1.62 bits per heavy atom. The van der Waals surface area contributed by atoms with Gasteiger partial charge in [-0.25, -0.2) is 8.42 Å². The molecule has 0 radical (unpaired) electrons. The zero-order chi connectivity index (χ0) is 21.7. The van der Waals surface area contributed by atoms with Crippen molar-refractivity contribution in [1.82, 2.24) is 5.32 Å². The molecule has 158 valence electrons. The van der Waals surface area contributed by atoms with Crippen LogP contribution in [0.2, 0.25) is 0 Å². The Hall–Kier alpha value is -2.34. The normalized spacial score (nSPS) is 11.9. The van der Waals surface area contributed by atoms with Crippen molar-refractivity contribution in [2.45, 2.75) is 52.5 Å². The van der Waals surface area contributed by atoms with E-state index in [4.69, 9.17) is 0 Å². The third-order valence-electron chi connectivity index (χ3n) is 4.63. The van der Waals surface area contributed by atoms with Crippen LogP contribution in [0.3, 0.4) is 0 Å². The fourth-order valence-electron chi connectivity index (χ4n) is 3.55. The number of sulfonamides is 1. The Kier molecular flexibility index (Phi) is 7.47. The summed E-state index contributed by atoms with van der Waals surface area (Å²) in [5.41, 5.74) is 3.46. The van der Waals surface area contributed by atoms with Crippen LogP contribution in [-0.2, 0) is 21.2 Å². The van der Waals surface area contributed by atoms with Crippen LogP contribution in [0.5, 0.6) is 0 Å². The first kappa shape index (κ1) is 22.9. The molecule has 29 heavy (non-hydrogen) atoms. The van der Waals surface area contributed by atoms with Gasteiger partial charge in [0.1, 0.15) is 0 Å². The second-order valence-electron chi connectivity index (χ2n) is 8.38. The molecular weight excluding hydrogens is 384 g/mol. The standard InChI is InChI=1S/C23H32N2O3S/c1-18-14-19(2)16-21(15-18)25(29(5,27)28)13-9-12-22(26)24-23(3,4)17-20-10-7-6-8-11-20/h6-8,10-11,14-16H,9,12-13,17H2,1-5H3,(H,24,26). The van der Waals surface area contributed by atoms with E-state index in [0.717, 1.165) is 23.1 Å². The highest BCUT2D eigenvalue weighted by atomic mass is 32.2. The van der Waals surface area contributed by atoms with Gasteiger partial charge in [-0.1, -0.05) is 36.4 Å². The van der Waals surface area contributed by atoms with E-state index in [0.29, 0.717) is 12.1 Å². The van der Waals surface area contributed by atoms with Crippen molar-refractivity contribution in [3.8, 4) is 0 Å². The molecule has 0 aliphatic heterocycles. The molecule has 2 aromatic carbocycles. The van der Waals surface area contributed by atoms with Gasteiger partial charge in [0.2, 0.25) is 15.9 Å². The first-order valence-electron chi connectivity index (χ1n) is 9.87. The minimum absolute atomic E-state index is 0.0696. The molecule has 0 aliphatic carbocycles. The summed E-state index contributed by atoms with van der Waals surface area (Å²) in [6.45, 7) is 8.15. The molecule has 0 fully saturated rings. The molecule has 0 heterocycles. The van der Waals surface area contributed by atoms with Gasteiger partial charge < -0.3 is 5.32 Å². The zero-order valence-electron chi connectivity index (χ0n) is 18.0. The van der Waals surface area contributed by atoms with Crippen molar-refractivity contribution in [2.24, 2.45) is 0 Å². The Labute approximate surface area is 175 Å². The van der Waals surface area contributed by atoms with Gasteiger partial charge in [0.05, 0.1) is 11.9 Å². The summed E-state index contributed by atoms with van der Waals surface area (Å²) in [4.78, 5) is 12.4. The second kappa shape index (κ2) is 9.44. The summed E-state index contributed by atoms with van der Waals surface area (Å²) in [5, 5.41) is 3.07.